The summed E-state index contributed by atoms with van der Waals surface area (Å²) in [6, 6.07) is 5.22. The van der Waals surface area contributed by atoms with Crippen LogP contribution in [0.2, 0.25) is 0 Å². The average molecular weight is 241 g/mol. The van der Waals surface area contributed by atoms with E-state index in [0.717, 1.165) is 12.0 Å². The van der Waals surface area contributed by atoms with Crippen molar-refractivity contribution in [2.45, 2.75) is 24.0 Å². The quantitative estimate of drug-likeness (QED) is 0.617. The van der Waals surface area contributed by atoms with E-state index in [1.54, 1.807) is 18.2 Å². The minimum absolute atomic E-state index is 0.529. The SMILES string of the molecule is COc1cc(C2([SH](=O)=O)CCC2)ccc1N. The van der Waals surface area contributed by atoms with Crippen molar-refractivity contribution >= 4 is 16.4 Å². The third-order valence-corrected chi connectivity index (χ3v) is 4.71. The molecule has 0 aliphatic heterocycles. The maximum atomic E-state index is 11.4. The summed E-state index contributed by atoms with van der Waals surface area (Å²) >= 11 is 0. The van der Waals surface area contributed by atoms with Gasteiger partial charge in [0.1, 0.15) is 16.5 Å². The first kappa shape index (κ1) is 11.3. The lowest BCUT2D eigenvalue weighted by Gasteiger charge is -2.37. The van der Waals surface area contributed by atoms with E-state index in [1.807, 2.05) is 0 Å². The Bertz CT molecular complexity index is 470. The standard InChI is InChI=1S/C11H15NO3S/c1-15-10-7-8(3-4-9(10)12)11(16(13)14)5-2-6-11/h3-4,7,16H,2,5-6,12H2,1H3. The van der Waals surface area contributed by atoms with Crippen molar-refractivity contribution in [2.24, 2.45) is 0 Å². The molecule has 88 valence electrons. The van der Waals surface area contributed by atoms with Gasteiger partial charge in [0.2, 0.25) is 0 Å². The van der Waals surface area contributed by atoms with E-state index >= 15 is 0 Å². The summed E-state index contributed by atoms with van der Waals surface area (Å²) < 4.78 is 27.1. The van der Waals surface area contributed by atoms with Gasteiger partial charge in [-0.25, -0.2) is 8.42 Å². The first-order valence-corrected chi connectivity index (χ1v) is 6.36. The summed E-state index contributed by atoms with van der Waals surface area (Å²) in [4.78, 5) is 0. The number of hydrogen-bond donors (Lipinski definition) is 2. The number of ether oxygens (including phenoxy) is 1. The lowest BCUT2D eigenvalue weighted by Crippen LogP contribution is -2.35. The largest absolute Gasteiger partial charge is 0.495 e. The van der Waals surface area contributed by atoms with Gasteiger partial charge in [-0.2, -0.15) is 0 Å². The van der Waals surface area contributed by atoms with Crippen molar-refractivity contribution < 1.29 is 13.2 Å². The van der Waals surface area contributed by atoms with Gasteiger partial charge in [0.05, 0.1) is 17.5 Å². The summed E-state index contributed by atoms with van der Waals surface area (Å²) in [5, 5.41) is 0. The van der Waals surface area contributed by atoms with Gasteiger partial charge in [0.25, 0.3) is 0 Å². The molecule has 2 rings (SSSR count). The highest BCUT2D eigenvalue weighted by Crippen LogP contribution is 2.45. The molecule has 16 heavy (non-hydrogen) atoms. The zero-order valence-corrected chi connectivity index (χ0v) is 10.00. The average Bonchev–Trinajstić information content (AvgIpc) is 2.18. The van der Waals surface area contributed by atoms with Crippen LogP contribution in [-0.2, 0) is 15.5 Å². The maximum absolute atomic E-state index is 11.4. The van der Waals surface area contributed by atoms with E-state index in [2.05, 4.69) is 0 Å². The van der Waals surface area contributed by atoms with Crippen LogP contribution in [0.4, 0.5) is 5.69 Å². The van der Waals surface area contributed by atoms with Gasteiger partial charge in [0, 0.05) is 0 Å². The van der Waals surface area contributed by atoms with Crippen molar-refractivity contribution in [3.8, 4) is 5.75 Å². The van der Waals surface area contributed by atoms with Crippen molar-refractivity contribution in [3.05, 3.63) is 23.8 Å². The lowest BCUT2D eigenvalue weighted by molar-refractivity contribution is 0.350. The number of methoxy groups -OCH3 is 1. The predicted molar refractivity (Wildman–Crippen MR) is 63.3 cm³/mol. The minimum atomic E-state index is -2.46. The van der Waals surface area contributed by atoms with Crippen molar-refractivity contribution in [2.75, 3.05) is 12.8 Å². The predicted octanol–water partition coefficient (Wildman–Crippen LogP) is 1.27. The molecule has 0 spiro atoms. The van der Waals surface area contributed by atoms with Crippen molar-refractivity contribution in [1.29, 1.82) is 0 Å². The van der Waals surface area contributed by atoms with Crippen LogP contribution < -0.4 is 10.5 Å². The number of benzene rings is 1. The summed E-state index contributed by atoms with van der Waals surface area (Å²) in [7, 11) is -0.931. The van der Waals surface area contributed by atoms with Gasteiger partial charge in [-0.05, 0) is 37.0 Å². The van der Waals surface area contributed by atoms with Crippen LogP contribution in [-0.4, -0.2) is 15.5 Å². The van der Waals surface area contributed by atoms with Crippen LogP contribution in [0.1, 0.15) is 24.8 Å². The second-order valence-corrected chi connectivity index (χ2v) is 5.47. The van der Waals surface area contributed by atoms with Crippen LogP contribution in [0.25, 0.3) is 0 Å². The molecule has 4 nitrogen and oxygen atoms in total. The van der Waals surface area contributed by atoms with Crippen molar-refractivity contribution in [1.82, 2.24) is 0 Å². The molecule has 0 amide bonds. The Morgan fingerprint density at radius 3 is 2.50 bits per heavy atom. The van der Waals surface area contributed by atoms with Crippen molar-refractivity contribution in [3.63, 3.8) is 0 Å². The first-order chi connectivity index (χ1) is 7.60. The van der Waals surface area contributed by atoms with Crippen LogP contribution in [0.15, 0.2) is 18.2 Å². The molecule has 1 saturated carbocycles. The van der Waals surface area contributed by atoms with Crippen LogP contribution in [0.5, 0.6) is 5.75 Å². The number of nitrogens with two attached hydrogens (primary N) is 1. The van der Waals surface area contributed by atoms with E-state index in [9.17, 15) is 8.42 Å². The molecule has 0 saturated heterocycles. The highest BCUT2D eigenvalue weighted by Gasteiger charge is 2.42. The van der Waals surface area contributed by atoms with E-state index in [4.69, 9.17) is 10.5 Å². The van der Waals surface area contributed by atoms with E-state index in [0.29, 0.717) is 24.3 Å². The highest BCUT2D eigenvalue weighted by atomic mass is 32.2. The summed E-state index contributed by atoms with van der Waals surface area (Å²) in [5.41, 5.74) is 7.02. The third kappa shape index (κ3) is 1.55. The van der Waals surface area contributed by atoms with E-state index in [1.165, 1.54) is 7.11 Å². The van der Waals surface area contributed by atoms with Crippen LogP contribution in [0.3, 0.4) is 0 Å². The normalized spacial score (nSPS) is 18.1. The molecule has 0 bridgehead atoms. The molecule has 0 radical (unpaired) electrons. The van der Waals surface area contributed by atoms with Gasteiger partial charge >= 0.3 is 0 Å². The van der Waals surface area contributed by atoms with E-state index in [-0.39, 0.29) is 0 Å². The zero-order chi connectivity index (χ0) is 11.8. The van der Waals surface area contributed by atoms with Crippen LogP contribution >= 0.6 is 0 Å². The molecule has 1 aromatic carbocycles. The summed E-state index contributed by atoms with van der Waals surface area (Å²) in [5.74, 6) is 0.542. The molecular formula is C11H15NO3S. The monoisotopic (exact) mass is 241 g/mol. The molecule has 1 fully saturated rings. The Kier molecular flexibility index (Phi) is 2.80. The number of anilines is 1. The fraction of sp³-hybridized carbons (Fsp3) is 0.455. The lowest BCUT2D eigenvalue weighted by atomic mass is 9.78. The number of thiol groups is 1. The smallest absolute Gasteiger partial charge is 0.150 e. The molecule has 0 heterocycles. The van der Waals surface area contributed by atoms with Gasteiger partial charge < -0.3 is 10.5 Å². The molecule has 5 heteroatoms. The molecule has 2 N–H and O–H groups in total. The van der Waals surface area contributed by atoms with Gasteiger partial charge in [-0.1, -0.05) is 6.07 Å². The zero-order valence-electron chi connectivity index (χ0n) is 9.10. The molecule has 1 aliphatic rings. The Hall–Kier alpha value is -1.23. The van der Waals surface area contributed by atoms with Gasteiger partial charge in [-0.3, -0.25) is 0 Å². The molecule has 0 aromatic heterocycles. The summed E-state index contributed by atoms with van der Waals surface area (Å²) in [6.45, 7) is 0. The number of nitrogen functional groups attached to an aromatic ring is 1. The third-order valence-electron chi connectivity index (χ3n) is 3.30. The Balaban J connectivity index is 2.47. The minimum Gasteiger partial charge on any atom is -0.495 e. The molecule has 1 aromatic rings. The fourth-order valence-corrected chi connectivity index (χ4v) is 3.12. The molecule has 0 unspecified atom stereocenters. The van der Waals surface area contributed by atoms with Gasteiger partial charge in [-0.15, -0.1) is 0 Å². The number of rotatable bonds is 3. The molecule has 1 aliphatic carbocycles. The topological polar surface area (TPSA) is 69.4 Å². The highest BCUT2D eigenvalue weighted by molar-refractivity contribution is 7.73. The molecular weight excluding hydrogens is 226 g/mol. The second-order valence-electron chi connectivity index (χ2n) is 4.10. The Morgan fingerprint density at radius 1 is 1.38 bits per heavy atom. The second kappa shape index (κ2) is 3.97. The van der Waals surface area contributed by atoms with Gasteiger partial charge in [0.15, 0.2) is 0 Å². The summed E-state index contributed by atoms with van der Waals surface area (Å²) in [6.07, 6.45) is 2.34. The number of hydrogen-bond acceptors (Lipinski definition) is 4. The maximum Gasteiger partial charge on any atom is 0.150 e. The Labute approximate surface area is 96.4 Å². The Morgan fingerprint density at radius 2 is 2.06 bits per heavy atom. The van der Waals surface area contributed by atoms with Crippen LogP contribution in [0, 0.1) is 0 Å². The van der Waals surface area contributed by atoms with E-state index < -0.39 is 15.5 Å². The molecule has 0 atom stereocenters. The first-order valence-electron chi connectivity index (χ1n) is 5.18. The fourth-order valence-electron chi connectivity index (χ4n) is 2.09.